The molecule has 0 radical (unpaired) electrons. The van der Waals surface area contributed by atoms with Crippen molar-refractivity contribution in [1.29, 1.82) is 0 Å². The van der Waals surface area contributed by atoms with Gasteiger partial charge in [0.15, 0.2) is 7.28 Å². The fourth-order valence-corrected chi connectivity index (χ4v) is 4.84. The summed E-state index contributed by atoms with van der Waals surface area (Å²) in [5.41, 5.74) is 12.3. The van der Waals surface area contributed by atoms with E-state index >= 15 is 0 Å². The maximum Gasteiger partial charge on any atom is 0.159 e. The summed E-state index contributed by atoms with van der Waals surface area (Å²) in [4.78, 5) is 0. The first-order chi connectivity index (χ1) is 15.2. The van der Waals surface area contributed by atoms with Gasteiger partial charge in [-0.05, 0) is 62.6 Å². The molecular weight excluding hydrogens is 383 g/mol. The molecule has 0 aliphatic heterocycles. The van der Waals surface area contributed by atoms with Crippen LogP contribution in [0.2, 0.25) is 6.32 Å². The first-order valence-corrected chi connectivity index (χ1v) is 12.2. The van der Waals surface area contributed by atoms with Gasteiger partial charge in [-0.15, -0.1) is 0 Å². The molecular formula is C31H37B. The van der Waals surface area contributed by atoms with Crippen molar-refractivity contribution in [3.63, 3.8) is 0 Å². The Morgan fingerprint density at radius 3 is 2.28 bits per heavy atom. The van der Waals surface area contributed by atoms with Gasteiger partial charge in [-0.3, -0.25) is 0 Å². The van der Waals surface area contributed by atoms with Crippen LogP contribution < -0.4 is 5.46 Å². The van der Waals surface area contributed by atoms with Crippen LogP contribution in [-0.4, -0.2) is 7.28 Å². The smallest absolute Gasteiger partial charge is 0.0765 e. The Kier molecular flexibility index (Phi) is 6.21. The van der Waals surface area contributed by atoms with Crippen LogP contribution in [0, 0.1) is 10.8 Å². The third-order valence-corrected chi connectivity index (χ3v) is 8.00. The fraction of sp³-hybridized carbons (Fsp3) is 0.355. The number of benzene rings is 3. The van der Waals surface area contributed by atoms with Gasteiger partial charge in [-0.2, -0.15) is 0 Å². The zero-order valence-corrected chi connectivity index (χ0v) is 20.8. The summed E-state index contributed by atoms with van der Waals surface area (Å²) >= 11 is 0. The number of hydrogen-bond acceptors (Lipinski definition) is 0. The van der Waals surface area contributed by atoms with E-state index in [-0.39, 0.29) is 0 Å². The minimum Gasteiger partial charge on any atom is -0.0765 e. The molecule has 0 unspecified atom stereocenters. The largest absolute Gasteiger partial charge is 0.159 e. The lowest BCUT2D eigenvalue weighted by atomic mass is 9.52. The molecule has 0 atom stereocenters. The molecule has 0 saturated carbocycles. The molecule has 0 spiro atoms. The van der Waals surface area contributed by atoms with Crippen molar-refractivity contribution in [1.82, 2.24) is 0 Å². The van der Waals surface area contributed by atoms with Gasteiger partial charge in [0.1, 0.15) is 0 Å². The van der Waals surface area contributed by atoms with E-state index < -0.39 is 0 Å². The van der Waals surface area contributed by atoms with Gasteiger partial charge < -0.3 is 0 Å². The first-order valence-electron chi connectivity index (χ1n) is 12.2. The summed E-state index contributed by atoms with van der Waals surface area (Å²) in [5, 5.41) is 0. The van der Waals surface area contributed by atoms with Gasteiger partial charge >= 0.3 is 0 Å². The molecule has 0 saturated heterocycles. The van der Waals surface area contributed by atoms with Crippen LogP contribution in [0.5, 0.6) is 0 Å². The molecule has 0 bridgehead atoms. The van der Waals surface area contributed by atoms with Gasteiger partial charge in [-0.1, -0.05) is 126 Å². The topological polar surface area (TPSA) is 0 Å². The minimum atomic E-state index is 0.303. The van der Waals surface area contributed by atoms with Crippen molar-refractivity contribution in [2.24, 2.45) is 10.8 Å². The quantitative estimate of drug-likeness (QED) is 0.223. The number of hydrogen-bond donors (Lipinski definition) is 0. The van der Waals surface area contributed by atoms with Crippen molar-refractivity contribution in [3.8, 4) is 11.1 Å². The van der Waals surface area contributed by atoms with Gasteiger partial charge in [0.25, 0.3) is 0 Å². The normalized spacial score (nSPS) is 13.3. The molecule has 0 N–H and O–H groups in total. The van der Waals surface area contributed by atoms with Crippen LogP contribution >= 0.6 is 0 Å². The summed E-state index contributed by atoms with van der Waals surface area (Å²) in [7, 11) is 1.14. The summed E-state index contributed by atoms with van der Waals surface area (Å²) in [6.45, 7) is 14.3. The average molecular weight is 420 g/mol. The number of rotatable bonds is 6. The van der Waals surface area contributed by atoms with Crippen LogP contribution in [0.25, 0.3) is 23.3 Å². The average Bonchev–Trinajstić information content (AvgIpc) is 3.15. The van der Waals surface area contributed by atoms with Crippen LogP contribution in [-0.2, 0) is 12.8 Å². The van der Waals surface area contributed by atoms with E-state index in [1.807, 2.05) is 0 Å². The molecule has 0 fully saturated rings. The Labute approximate surface area is 196 Å². The van der Waals surface area contributed by atoms with Crippen molar-refractivity contribution >= 4 is 24.9 Å². The third kappa shape index (κ3) is 4.35. The van der Waals surface area contributed by atoms with E-state index in [1.165, 1.54) is 45.2 Å². The van der Waals surface area contributed by atoms with E-state index in [0.717, 1.165) is 20.1 Å². The van der Waals surface area contributed by atoms with Gasteiger partial charge in [0.05, 0.1) is 0 Å². The van der Waals surface area contributed by atoms with Crippen LogP contribution in [0.1, 0.15) is 69.4 Å². The van der Waals surface area contributed by atoms with Crippen molar-refractivity contribution in [2.45, 2.75) is 60.7 Å². The van der Waals surface area contributed by atoms with Crippen molar-refractivity contribution < 1.29 is 0 Å². The molecule has 32 heavy (non-hydrogen) atoms. The Bertz CT molecular complexity index is 1130. The van der Waals surface area contributed by atoms with E-state index in [2.05, 4.69) is 114 Å². The standard InChI is InChI=1S/C31H37B/c1-7-25-23(17-16-22-12-9-8-10-13-22)18-19-26-27(25)20-24-14-11-15-28(29(24)26)32-21-31(5,6)30(2,3)4/h8-19,32H,7,20-21H2,1-6H3/b17-16+. The Morgan fingerprint density at radius 1 is 0.844 bits per heavy atom. The minimum absolute atomic E-state index is 0.303. The highest BCUT2D eigenvalue weighted by Crippen LogP contribution is 2.42. The fourth-order valence-electron chi connectivity index (χ4n) is 4.84. The monoisotopic (exact) mass is 420 g/mol. The molecule has 0 heterocycles. The molecule has 0 amide bonds. The molecule has 1 aliphatic rings. The predicted octanol–water partition coefficient (Wildman–Crippen LogP) is 7.54. The molecule has 0 nitrogen and oxygen atoms in total. The summed E-state index contributed by atoms with van der Waals surface area (Å²) in [6, 6.07) is 22.3. The Hall–Kier alpha value is -2.54. The van der Waals surface area contributed by atoms with E-state index in [4.69, 9.17) is 0 Å². The van der Waals surface area contributed by atoms with Crippen LogP contribution in [0.15, 0.2) is 60.7 Å². The SMILES string of the molecule is CCc1c(/C=C/c2ccccc2)ccc2c1Cc1cccc(BCC(C)(C)C(C)(C)C)c1-2. The van der Waals surface area contributed by atoms with Crippen LogP contribution in [0.3, 0.4) is 0 Å². The zero-order valence-electron chi connectivity index (χ0n) is 20.8. The summed E-state index contributed by atoms with van der Waals surface area (Å²) in [5.74, 6) is 0. The van der Waals surface area contributed by atoms with Crippen molar-refractivity contribution in [3.05, 3.63) is 88.5 Å². The Balaban J connectivity index is 1.68. The third-order valence-electron chi connectivity index (χ3n) is 8.00. The molecule has 164 valence electrons. The van der Waals surface area contributed by atoms with Gasteiger partial charge in [0, 0.05) is 0 Å². The summed E-state index contributed by atoms with van der Waals surface area (Å²) < 4.78 is 0. The van der Waals surface area contributed by atoms with Gasteiger partial charge in [-0.25, -0.2) is 0 Å². The maximum absolute atomic E-state index is 2.42. The lowest BCUT2D eigenvalue weighted by Gasteiger charge is -2.39. The second-order valence-corrected chi connectivity index (χ2v) is 11.0. The maximum atomic E-state index is 2.42. The van der Waals surface area contributed by atoms with Crippen LogP contribution in [0.4, 0.5) is 0 Å². The molecule has 1 aliphatic carbocycles. The lowest BCUT2D eigenvalue weighted by molar-refractivity contribution is 0.157. The molecule has 0 aromatic heterocycles. The predicted molar refractivity (Wildman–Crippen MR) is 144 cm³/mol. The highest BCUT2D eigenvalue weighted by molar-refractivity contribution is 6.56. The second-order valence-electron chi connectivity index (χ2n) is 11.0. The highest BCUT2D eigenvalue weighted by Gasteiger charge is 2.33. The summed E-state index contributed by atoms with van der Waals surface area (Å²) in [6.07, 6.45) is 7.88. The molecule has 3 aromatic rings. The molecule has 3 aromatic carbocycles. The lowest BCUT2D eigenvalue weighted by Crippen LogP contribution is -2.33. The molecule has 1 heteroatoms. The molecule has 4 rings (SSSR count). The first kappa shape index (κ1) is 22.7. The van der Waals surface area contributed by atoms with E-state index in [9.17, 15) is 0 Å². The zero-order chi connectivity index (χ0) is 22.9. The van der Waals surface area contributed by atoms with E-state index in [1.54, 1.807) is 5.56 Å². The number of fused-ring (bicyclic) bond motifs is 3. The van der Waals surface area contributed by atoms with Crippen molar-refractivity contribution in [2.75, 3.05) is 0 Å². The highest BCUT2D eigenvalue weighted by atomic mass is 14.3. The second kappa shape index (κ2) is 8.78. The van der Waals surface area contributed by atoms with E-state index in [0.29, 0.717) is 10.8 Å². The van der Waals surface area contributed by atoms with Gasteiger partial charge in [0.2, 0.25) is 0 Å². The Morgan fingerprint density at radius 2 is 1.59 bits per heavy atom.